The van der Waals surface area contributed by atoms with Crippen LogP contribution in [0.5, 0.6) is 5.75 Å². The minimum absolute atomic E-state index is 0.411. The molecule has 1 unspecified atom stereocenters. The fraction of sp³-hybridized carbons (Fsp3) is 0.273. The van der Waals surface area contributed by atoms with Gasteiger partial charge in [0.25, 0.3) is 0 Å². The quantitative estimate of drug-likeness (QED) is 0.511. The second-order valence-electron chi connectivity index (χ2n) is 3.08. The molecule has 5 nitrogen and oxygen atoms in total. The molecule has 0 heterocycles. The van der Waals surface area contributed by atoms with Crippen LogP contribution < -0.4 is 10.1 Å². The third-order valence-electron chi connectivity index (χ3n) is 1.89. The molecule has 0 aromatic heterocycles. The predicted octanol–water partition coefficient (Wildman–Crippen LogP) is 1.75. The number of hydrogen-bond acceptors (Lipinski definition) is 4. The Hall–Kier alpha value is -1.31. The number of amides is 1. The number of para-hydroxylation sites is 1. The van der Waals surface area contributed by atoms with Crippen molar-refractivity contribution in [1.82, 2.24) is 5.32 Å². The molecule has 1 atom stereocenters. The normalized spacial score (nSPS) is 11.4. The number of hydrogen-bond donors (Lipinski definition) is 1. The van der Waals surface area contributed by atoms with Gasteiger partial charge in [0.1, 0.15) is 11.8 Å². The van der Waals surface area contributed by atoms with Gasteiger partial charge in [-0.25, -0.2) is 9.59 Å². The molecule has 0 bridgehead atoms. The molecule has 0 aliphatic heterocycles. The Labute approximate surface area is 113 Å². The van der Waals surface area contributed by atoms with Crippen molar-refractivity contribution in [3.8, 4) is 5.75 Å². The highest BCUT2D eigenvalue weighted by Crippen LogP contribution is 2.08. The topological polar surface area (TPSA) is 64.6 Å². The van der Waals surface area contributed by atoms with Crippen LogP contribution in [0.2, 0.25) is 0 Å². The van der Waals surface area contributed by atoms with Gasteiger partial charge < -0.3 is 14.8 Å². The molecule has 1 aromatic rings. The van der Waals surface area contributed by atoms with E-state index < -0.39 is 18.1 Å². The van der Waals surface area contributed by atoms with Gasteiger partial charge in [-0.3, -0.25) is 0 Å². The van der Waals surface area contributed by atoms with Crippen LogP contribution >= 0.6 is 22.6 Å². The molecular formula is C11H12INO4. The third-order valence-corrected chi connectivity index (χ3v) is 2.77. The van der Waals surface area contributed by atoms with Gasteiger partial charge in [0, 0.05) is 4.43 Å². The molecule has 0 fully saturated rings. The maximum atomic E-state index is 11.5. The molecule has 0 saturated carbocycles. The Morgan fingerprint density at radius 2 is 2.00 bits per heavy atom. The summed E-state index contributed by atoms with van der Waals surface area (Å²) in [6.45, 7) is 0. The number of nitrogens with one attached hydrogen (secondary N) is 1. The lowest BCUT2D eigenvalue weighted by Gasteiger charge is -2.13. The van der Waals surface area contributed by atoms with Crippen molar-refractivity contribution in [2.75, 3.05) is 11.5 Å². The lowest BCUT2D eigenvalue weighted by molar-refractivity contribution is -0.142. The fourth-order valence-electron chi connectivity index (χ4n) is 1.07. The van der Waals surface area contributed by atoms with E-state index in [0.717, 1.165) is 0 Å². The Morgan fingerprint density at radius 1 is 1.35 bits per heavy atom. The number of halogens is 1. The van der Waals surface area contributed by atoms with Crippen LogP contribution in [0.4, 0.5) is 4.79 Å². The van der Waals surface area contributed by atoms with E-state index in [-0.39, 0.29) is 0 Å². The number of benzene rings is 1. The van der Waals surface area contributed by atoms with Gasteiger partial charge in [-0.1, -0.05) is 40.8 Å². The van der Waals surface area contributed by atoms with Gasteiger partial charge in [0.2, 0.25) is 0 Å². The first kappa shape index (κ1) is 13.8. The van der Waals surface area contributed by atoms with Crippen LogP contribution in [0.3, 0.4) is 0 Å². The number of alkyl halides is 1. The number of methoxy groups -OCH3 is 1. The minimum Gasteiger partial charge on any atom is -0.467 e. The van der Waals surface area contributed by atoms with Crippen molar-refractivity contribution >= 4 is 34.7 Å². The lowest BCUT2D eigenvalue weighted by atomic mass is 10.3. The summed E-state index contributed by atoms with van der Waals surface area (Å²) >= 11 is 1.98. The molecule has 6 heteroatoms. The number of ether oxygens (including phenoxy) is 2. The SMILES string of the molecule is COC(=O)C(CI)NC(=O)Oc1ccccc1. The summed E-state index contributed by atoms with van der Waals surface area (Å²) in [7, 11) is 1.27. The van der Waals surface area contributed by atoms with Gasteiger partial charge in [0.05, 0.1) is 7.11 Å². The fourth-order valence-corrected chi connectivity index (χ4v) is 1.65. The van der Waals surface area contributed by atoms with Crippen molar-refractivity contribution in [3.05, 3.63) is 30.3 Å². The van der Waals surface area contributed by atoms with Gasteiger partial charge in [-0.2, -0.15) is 0 Å². The second-order valence-corrected chi connectivity index (χ2v) is 3.96. The van der Waals surface area contributed by atoms with Gasteiger partial charge in [-0.15, -0.1) is 0 Å². The summed E-state index contributed by atoms with van der Waals surface area (Å²) in [6, 6.07) is 7.91. The molecule has 1 aromatic carbocycles. The molecule has 17 heavy (non-hydrogen) atoms. The summed E-state index contributed by atoms with van der Waals surface area (Å²) in [5.74, 6) is -0.0773. The first-order valence-electron chi connectivity index (χ1n) is 4.84. The van der Waals surface area contributed by atoms with Crippen LogP contribution in [0.15, 0.2) is 30.3 Å². The van der Waals surface area contributed by atoms with Crippen LogP contribution in [0, 0.1) is 0 Å². The van der Waals surface area contributed by atoms with Crippen LogP contribution in [-0.4, -0.2) is 29.6 Å². The largest absolute Gasteiger partial charge is 0.467 e. The van der Waals surface area contributed by atoms with E-state index >= 15 is 0 Å². The molecule has 0 spiro atoms. The summed E-state index contributed by atoms with van der Waals surface area (Å²) in [5, 5.41) is 2.42. The summed E-state index contributed by atoms with van der Waals surface area (Å²) in [5.41, 5.74) is 0. The van der Waals surface area contributed by atoms with Crippen molar-refractivity contribution in [2.24, 2.45) is 0 Å². The summed E-state index contributed by atoms with van der Waals surface area (Å²) in [4.78, 5) is 22.7. The van der Waals surface area contributed by atoms with Gasteiger partial charge in [-0.05, 0) is 12.1 Å². The molecule has 1 rings (SSSR count). The van der Waals surface area contributed by atoms with Crippen LogP contribution in [0.1, 0.15) is 0 Å². The molecule has 92 valence electrons. The van der Waals surface area contributed by atoms with E-state index in [4.69, 9.17) is 4.74 Å². The highest BCUT2D eigenvalue weighted by molar-refractivity contribution is 14.1. The highest BCUT2D eigenvalue weighted by atomic mass is 127. The van der Waals surface area contributed by atoms with Crippen molar-refractivity contribution in [3.63, 3.8) is 0 Å². The monoisotopic (exact) mass is 349 g/mol. The average Bonchev–Trinajstić information content (AvgIpc) is 2.36. The summed E-state index contributed by atoms with van der Waals surface area (Å²) in [6.07, 6.45) is -0.678. The zero-order chi connectivity index (χ0) is 12.7. The number of esters is 1. The molecular weight excluding hydrogens is 337 g/mol. The average molecular weight is 349 g/mol. The Bertz CT molecular complexity index is 382. The van der Waals surface area contributed by atoms with Crippen molar-refractivity contribution in [1.29, 1.82) is 0 Å². The Balaban J connectivity index is 2.51. The van der Waals surface area contributed by atoms with E-state index in [1.54, 1.807) is 24.3 Å². The zero-order valence-corrected chi connectivity index (χ0v) is 11.3. The molecule has 1 N–H and O–H groups in total. The molecule has 0 radical (unpaired) electrons. The standard InChI is InChI=1S/C11H12INO4/c1-16-10(14)9(7-12)13-11(15)17-8-5-3-2-4-6-8/h2-6,9H,7H2,1H3,(H,13,15). The smallest absolute Gasteiger partial charge is 0.413 e. The maximum Gasteiger partial charge on any atom is 0.413 e. The maximum absolute atomic E-state index is 11.5. The predicted molar refractivity (Wildman–Crippen MR) is 70.3 cm³/mol. The Morgan fingerprint density at radius 3 is 2.53 bits per heavy atom. The lowest BCUT2D eigenvalue weighted by Crippen LogP contribution is -2.43. The minimum atomic E-state index is -0.697. The second kappa shape index (κ2) is 7.10. The van der Waals surface area contributed by atoms with Gasteiger partial charge in [0.15, 0.2) is 0 Å². The number of carbonyl (C=O) groups excluding carboxylic acids is 2. The van der Waals surface area contributed by atoms with Crippen LogP contribution in [-0.2, 0) is 9.53 Å². The molecule has 0 aliphatic rings. The first-order valence-corrected chi connectivity index (χ1v) is 6.37. The highest BCUT2D eigenvalue weighted by Gasteiger charge is 2.20. The van der Waals surface area contributed by atoms with E-state index in [1.807, 2.05) is 28.7 Å². The number of rotatable bonds is 4. The molecule has 0 saturated heterocycles. The van der Waals surface area contributed by atoms with E-state index in [9.17, 15) is 9.59 Å². The first-order chi connectivity index (χ1) is 8.17. The van der Waals surface area contributed by atoms with Crippen LogP contribution in [0.25, 0.3) is 0 Å². The van der Waals surface area contributed by atoms with Crippen molar-refractivity contribution in [2.45, 2.75) is 6.04 Å². The molecule has 0 aliphatic carbocycles. The zero-order valence-electron chi connectivity index (χ0n) is 9.18. The van der Waals surface area contributed by atoms with E-state index in [2.05, 4.69) is 10.1 Å². The summed E-state index contributed by atoms with van der Waals surface area (Å²) < 4.78 is 9.93. The van der Waals surface area contributed by atoms with Crippen molar-refractivity contribution < 1.29 is 19.1 Å². The Kier molecular flexibility index (Phi) is 5.75. The number of carbonyl (C=O) groups is 2. The van der Waals surface area contributed by atoms with E-state index in [0.29, 0.717) is 10.2 Å². The molecule has 1 amide bonds. The van der Waals surface area contributed by atoms with E-state index in [1.165, 1.54) is 7.11 Å². The van der Waals surface area contributed by atoms with Gasteiger partial charge >= 0.3 is 12.1 Å². The third kappa shape index (κ3) is 4.59.